The minimum Gasteiger partial charge on any atom is -0.480 e. The Morgan fingerprint density at radius 1 is 0.744 bits per heavy atom. The first kappa shape index (κ1) is 35.2. The highest BCUT2D eigenvalue weighted by Gasteiger charge is 2.30. The monoisotopic (exact) mass is 575 g/mol. The number of nitrogens with two attached hydrogens (primary N) is 6. The van der Waals surface area contributed by atoms with Gasteiger partial charge in [-0.15, -0.1) is 0 Å². The summed E-state index contributed by atoms with van der Waals surface area (Å²) in [6.45, 7) is 0.409. The number of guanidine groups is 2. The Kier molecular flexibility index (Phi) is 17.4. The number of aliphatic carboxylic acids is 1. The molecule has 0 spiro atoms. The summed E-state index contributed by atoms with van der Waals surface area (Å²) in [7, 11) is 0. The van der Waals surface area contributed by atoms with Crippen molar-refractivity contribution >= 4 is 53.3 Å². The number of nitrogens with zero attached hydrogens (tertiary/aromatic N) is 2. The number of carboxylic acid groups (broad SMARTS) is 1. The lowest BCUT2D eigenvalue weighted by molar-refractivity contribution is -0.142. The SMILES string of the molecule is CSCCC(NC(=O)C(CC(N)=O)NC(=O)C(N)CCCN=C(N)N)C(=O)NC(CCCN=C(N)N)C(=O)O. The number of thioether (sulfide) groups is 1. The Morgan fingerprint density at radius 3 is 1.72 bits per heavy atom. The van der Waals surface area contributed by atoms with Crippen molar-refractivity contribution in [3.63, 3.8) is 0 Å². The summed E-state index contributed by atoms with van der Waals surface area (Å²) in [5.74, 6) is -4.32. The summed E-state index contributed by atoms with van der Waals surface area (Å²) in [4.78, 5) is 69.2. The highest BCUT2D eigenvalue weighted by molar-refractivity contribution is 7.98. The van der Waals surface area contributed by atoms with Gasteiger partial charge in [-0.25, -0.2) is 4.79 Å². The van der Waals surface area contributed by atoms with Crippen molar-refractivity contribution in [2.45, 2.75) is 62.7 Å². The molecule has 18 heteroatoms. The number of amides is 4. The van der Waals surface area contributed by atoms with E-state index in [0.717, 1.165) is 0 Å². The summed E-state index contributed by atoms with van der Waals surface area (Å²) >= 11 is 1.39. The van der Waals surface area contributed by atoms with Crippen molar-refractivity contribution in [1.82, 2.24) is 16.0 Å². The molecule has 0 saturated heterocycles. The molecule has 0 aliphatic heterocycles. The highest BCUT2D eigenvalue weighted by atomic mass is 32.2. The van der Waals surface area contributed by atoms with Gasteiger partial charge in [-0.05, 0) is 44.1 Å². The van der Waals surface area contributed by atoms with E-state index in [-0.39, 0.29) is 50.7 Å². The molecule has 0 aromatic rings. The van der Waals surface area contributed by atoms with Crippen LogP contribution in [-0.2, 0) is 24.0 Å². The van der Waals surface area contributed by atoms with Gasteiger partial charge in [0.2, 0.25) is 23.6 Å². The normalized spacial score (nSPS) is 13.6. The second-order valence-corrected chi connectivity index (χ2v) is 9.46. The Morgan fingerprint density at radius 2 is 1.23 bits per heavy atom. The number of carbonyl (C=O) groups excluding carboxylic acids is 4. The van der Waals surface area contributed by atoms with E-state index < -0.39 is 60.2 Å². The number of primary amides is 1. The molecule has 16 N–H and O–H groups in total. The molecule has 0 fully saturated rings. The molecule has 17 nitrogen and oxygen atoms in total. The zero-order valence-electron chi connectivity index (χ0n) is 21.9. The van der Waals surface area contributed by atoms with Crippen LogP contribution >= 0.6 is 11.8 Å². The van der Waals surface area contributed by atoms with Crippen LogP contribution in [0.25, 0.3) is 0 Å². The van der Waals surface area contributed by atoms with Gasteiger partial charge in [0.1, 0.15) is 18.1 Å². The fourth-order valence-corrected chi connectivity index (χ4v) is 3.62. The van der Waals surface area contributed by atoms with Crippen LogP contribution in [0, 0.1) is 0 Å². The lowest BCUT2D eigenvalue weighted by Crippen LogP contribution is -2.57. The van der Waals surface area contributed by atoms with E-state index in [1.165, 1.54) is 11.8 Å². The smallest absolute Gasteiger partial charge is 0.326 e. The minimum absolute atomic E-state index is 0.0302. The van der Waals surface area contributed by atoms with Gasteiger partial charge in [0.05, 0.1) is 12.5 Å². The van der Waals surface area contributed by atoms with Crippen LogP contribution in [0.4, 0.5) is 0 Å². The van der Waals surface area contributed by atoms with E-state index in [4.69, 9.17) is 34.4 Å². The molecular formula is C21H41N11O6S. The number of hydrogen-bond donors (Lipinski definition) is 10. The zero-order chi connectivity index (χ0) is 30.0. The molecule has 0 aromatic carbocycles. The third-order valence-electron chi connectivity index (χ3n) is 5.15. The first-order valence-corrected chi connectivity index (χ1v) is 13.4. The van der Waals surface area contributed by atoms with E-state index in [1.54, 1.807) is 6.26 Å². The molecule has 0 rings (SSSR count). The third-order valence-corrected chi connectivity index (χ3v) is 5.79. The second kappa shape index (κ2) is 19.3. The summed E-state index contributed by atoms with van der Waals surface area (Å²) in [5.41, 5.74) is 32.1. The summed E-state index contributed by atoms with van der Waals surface area (Å²) in [5, 5.41) is 16.7. The summed E-state index contributed by atoms with van der Waals surface area (Å²) in [6.07, 6.45) is 2.24. The predicted molar refractivity (Wildman–Crippen MR) is 148 cm³/mol. The van der Waals surface area contributed by atoms with Gasteiger partial charge in [-0.3, -0.25) is 29.2 Å². The first-order valence-electron chi connectivity index (χ1n) is 12.1. The van der Waals surface area contributed by atoms with Crippen molar-refractivity contribution < 1.29 is 29.1 Å². The molecule has 0 aliphatic rings. The average Bonchev–Trinajstić information content (AvgIpc) is 2.84. The van der Waals surface area contributed by atoms with E-state index in [9.17, 15) is 29.1 Å². The van der Waals surface area contributed by atoms with Crippen LogP contribution in [0.15, 0.2) is 9.98 Å². The van der Waals surface area contributed by atoms with Gasteiger partial charge in [0.15, 0.2) is 11.9 Å². The van der Waals surface area contributed by atoms with Gasteiger partial charge >= 0.3 is 5.97 Å². The van der Waals surface area contributed by atoms with Crippen LogP contribution in [0.3, 0.4) is 0 Å². The number of rotatable bonds is 20. The standard InChI is InChI=1S/C21H41N11O6S/c1-39-9-6-12(17(35)31-13(19(37)38)5-3-8-29-21(26)27)30-18(36)14(10-15(23)33)32-16(34)11(22)4-2-7-28-20(24)25/h11-14H,2-10,22H2,1H3,(H2,23,33)(H,30,36)(H,31,35)(H,32,34)(H,37,38)(H4,24,25,28)(H4,26,27,29). The van der Waals surface area contributed by atoms with Crippen LogP contribution in [0.5, 0.6) is 0 Å². The molecule has 4 unspecified atom stereocenters. The molecule has 4 amide bonds. The molecule has 39 heavy (non-hydrogen) atoms. The molecule has 0 radical (unpaired) electrons. The molecule has 0 bridgehead atoms. The Balaban J connectivity index is 5.39. The van der Waals surface area contributed by atoms with Crippen LogP contribution in [-0.4, -0.2) is 95.9 Å². The molecule has 222 valence electrons. The number of carboxylic acids is 1. The summed E-state index contributed by atoms with van der Waals surface area (Å²) in [6, 6.07) is -4.88. The maximum atomic E-state index is 13.0. The maximum Gasteiger partial charge on any atom is 0.326 e. The van der Waals surface area contributed by atoms with E-state index >= 15 is 0 Å². The largest absolute Gasteiger partial charge is 0.480 e. The zero-order valence-corrected chi connectivity index (χ0v) is 22.7. The van der Waals surface area contributed by atoms with Gasteiger partial charge < -0.3 is 55.5 Å². The fourth-order valence-electron chi connectivity index (χ4n) is 3.15. The van der Waals surface area contributed by atoms with Crippen molar-refractivity contribution in [2.75, 3.05) is 25.1 Å². The van der Waals surface area contributed by atoms with Crippen molar-refractivity contribution in [1.29, 1.82) is 0 Å². The van der Waals surface area contributed by atoms with Gasteiger partial charge in [0.25, 0.3) is 0 Å². The average molecular weight is 576 g/mol. The quantitative estimate of drug-likeness (QED) is 0.0373. The Bertz CT molecular complexity index is 894. The van der Waals surface area contributed by atoms with Gasteiger partial charge in [-0.1, -0.05) is 0 Å². The van der Waals surface area contributed by atoms with Crippen molar-refractivity contribution in [3.05, 3.63) is 0 Å². The third kappa shape index (κ3) is 16.6. The number of nitrogens with one attached hydrogen (secondary N) is 3. The Hall–Kier alpha value is -3.80. The number of hydrogen-bond acceptors (Lipinski definition) is 9. The van der Waals surface area contributed by atoms with Gasteiger partial charge in [0, 0.05) is 13.1 Å². The lowest BCUT2D eigenvalue weighted by atomic mass is 10.1. The highest BCUT2D eigenvalue weighted by Crippen LogP contribution is 2.06. The van der Waals surface area contributed by atoms with E-state index in [0.29, 0.717) is 12.2 Å². The maximum absolute atomic E-state index is 13.0. The van der Waals surface area contributed by atoms with Crippen LogP contribution in [0.2, 0.25) is 0 Å². The van der Waals surface area contributed by atoms with Gasteiger partial charge in [-0.2, -0.15) is 11.8 Å². The molecule has 0 heterocycles. The number of carbonyl (C=O) groups is 5. The molecule has 0 saturated carbocycles. The van der Waals surface area contributed by atoms with E-state index in [2.05, 4.69) is 25.9 Å². The topological polar surface area (TPSA) is 323 Å². The summed E-state index contributed by atoms with van der Waals surface area (Å²) < 4.78 is 0. The van der Waals surface area contributed by atoms with Crippen LogP contribution in [0.1, 0.15) is 38.5 Å². The minimum atomic E-state index is -1.42. The fraction of sp³-hybridized carbons (Fsp3) is 0.667. The molecule has 4 atom stereocenters. The van der Waals surface area contributed by atoms with Crippen LogP contribution < -0.4 is 50.4 Å². The molecular weight excluding hydrogens is 534 g/mol. The number of aliphatic imine (C=N–C) groups is 2. The predicted octanol–water partition coefficient (Wildman–Crippen LogP) is -4.41. The van der Waals surface area contributed by atoms with E-state index in [1.807, 2.05) is 0 Å². The molecule has 0 aliphatic carbocycles. The van der Waals surface area contributed by atoms with Crippen molar-refractivity contribution in [2.24, 2.45) is 44.4 Å². The van der Waals surface area contributed by atoms with Crippen molar-refractivity contribution in [3.8, 4) is 0 Å². The first-order chi connectivity index (χ1) is 18.3. The second-order valence-electron chi connectivity index (χ2n) is 8.48. The lowest BCUT2D eigenvalue weighted by Gasteiger charge is -2.24. The molecule has 0 aromatic heterocycles. The Labute approximate surface area is 230 Å².